The summed E-state index contributed by atoms with van der Waals surface area (Å²) in [5, 5.41) is 5.34. The highest BCUT2D eigenvalue weighted by Crippen LogP contribution is 2.34. The van der Waals surface area contributed by atoms with Crippen LogP contribution >= 0.6 is 0 Å². The van der Waals surface area contributed by atoms with Crippen molar-refractivity contribution in [1.82, 2.24) is 29.6 Å². The number of aromatic nitrogens is 5. The predicted octanol–water partition coefficient (Wildman–Crippen LogP) is 3.89. The van der Waals surface area contributed by atoms with Crippen molar-refractivity contribution < 1.29 is 18.3 Å². The first-order valence-corrected chi connectivity index (χ1v) is 10.9. The molecule has 1 atom stereocenters. The van der Waals surface area contributed by atoms with Gasteiger partial charge < -0.3 is 15.4 Å². The maximum absolute atomic E-state index is 13.9. The van der Waals surface area contributed by atoms with E-state index in [-0.39, 0.29) is 29.4 Å². The van der Waals surface area contributed by atoms with E-state index in [1.54, 1.807) is 15.6 Å². The zero-order valence-corrected chi connectivity index (χ0v) is 18.6. The zero-order valence-electron chi connectivity index (χ0n) is 18.6. The molecular weight excluding hydrogens is 456 g/mol. The van der Waals surface area contributed by atoms with Crippen LogP contribution in [-0.4, -0.2) is 48.6 Å². The smallest absolute Gasteiger partial charge is 0.246 e. The van der Waals surface area contributed by atoms with Crippen molar-refractivity contribution in [3.63, 3.8) is 0 Å². The Balaban J connectivity index is 1.49. The summed E-state index contributed by atoms with van der Waals surface area (Å²) in [6.45, 7) is 4.70. The van der Waals surface area contributed by atoms with Crippen LogP contribution in [0.1, 0.15) is 18.9 Å². The minimum absolute atomic E-state index is 0.0806. The Labute approximate surface area is 198 Å². The van der Waals surface area contributed by atoms with Gasteiger partial charge in [-0.1, -0.05) is 12.6 Å². The Bertz CT molecular complexity index is 1420. The van der Waals surface area contributed by atoms with E-state index in [9.17, 15) is 13.6 Å². The minimum Gasteiger partial charge on any atom is -0.436 e. The van der Waals surface area contributed by atoms with Crippen LogP contribution in [0.2, 0.25) is 0 Å². The maximum Gasteiger partial charge on any atom is 0.246 e. The Morgan fingerprint density at radius 2 is 2.06 bits per heavy atom. The molecule has 1 aromatic carbocycles. The number of piperidine rings is 1. The molecule has 0 bridgehead atoms. The number of likely N-dealkylation sites (tertiary alicyclic amines) is 1. The fourth-order valence-electron chi connectivity index (χ4n) is 4.19. The molecule has 1 saturated heterocycles. The summed E-state index contributed by atoms with van der Waals surface area (Å²) in [6, 6.07) is 6.77. The highest BCUT2D eigenvalue weighted by molar-refractivity contribution is 5.98. The van der Waals surface area contributed by atoms with E-state index >= 15 is 0 Å². The van der Waals surface area contributed by atoms with Gasteiger partial charge in [-0.2, -0.15) is 9.49 Å². The van der Waals surface area contributed by atoms with Crippen molar-refractivity contribution in [1.29, 1.82) is 0 Å². The van der Waals surface area contributed by atoms with E-state index in [0.717, 1.165) is 18.9 Å². The van der Waals surface area contributed by atoms with Crippen molar-refractivity contribution in [3.05, 3.63) is 67.1 Å². The Morgan fingerprint density at radius 1 is 1.20 bits per heavy atom. The molecule has 5 rings (SSSR count). The fraction of sp³-hybridized carbons (Fsp3) is 0.208. The minimum atomic E-state index is -1.09. The summed E-state index contributed by atoms with van der Waals surface area (Å²) in [6.07, 6.45) is 5.80. The molecule has 0 aliphatic carbocycles. The third kappa shape index (κ3) is 4.16. The largest absolute Gasteiger partial charge is 0.436 e. The number of pyridine rings is 1. The lowest BCUT2D eigenvalue weighted by molar-refractivity contribution is -0.127. The number of anilines is 1. The number of fused-ring (bicyclic) bond motifs is 1. The van der Waals surface area contributed by atoms with Gasteiger partial charge in [0.25, 0.3) is 0 Å². The third-order valence-electron chi connectivity index (χ3n) is 5.89. The second-order valence-electron chi connectivity index (χ2n) is 8.07. The molecule has 35 heavy (non-hydrogen) atoms. The van der Waals surface area contributed by atoms with Crippen LogP contribution < -0.4 is 10.5 Å². The van der Waals surface area contributed by atoms with E-state index in [1.165, 1.54) is 36.8 Å². The molecule has 1 amide bonds. The van der Waals surface area contributed by atoms with Crippen molar-refractivity contribution in [2.24, 2.45) is 0 Å². The highest BCUT2D eigenvalue weighted by atomic mass is 19.2. The average molecular weight is 477 g/mol. The molecule has 11 heteroatoms. The average Bonchev–Trinajstić information content (AvgIpc) is 3.28. The molecule has 2 N–H and O–H groups in total. The quantitative estimate of drug-likeness (QED) is 0.434. The number of halogens is 2. The summed E-state index contributed by atoms with van der Waals surface area (Å²) in [5.41, 5.74) is 7.86. The second kappa shape index (κ2) is 9.09. The first-order chi connectivity index (χ1) is 17.0. The Kier molecular flexibility index (Phi) is 5.81. The lowest BCUT2D eigenvalue weighted by Crippen LogP contribution is -2.40. The summed E-state index contributed by atoms with van der Waals surface area (Å²) in [7, 11) is 0. The number of hydrogen-bond donors (Lipinski definition) is 1. The van der Waals surface area contributed by atoms with Crippen LogP contribution in [0.25, 0.3) is 22.3 Å². The summed E-state index contributed by atoms with van der Waals surface area (Å²) in [4.78, 5) is 26.6. The molecule has 1 aliphatic rings. The van der Waals surface area contributed by atoms with Gasteiger partial charge in [0, 0.05) is 30.9 Å². The Morgan fingerprint density at radius 3 is 2.83 bits per heavy atom. The van der Waals surface area contributed by atoms with Gasteiger partial charge in [0.1, 0.15) is 17.8 Å². The van der Waals surface area contributed by atoms with E-state index < -0.39 is 11.6 Å². The predicted molar refractivity (Wildman–Crippen MR) is 124 cm³/mol. The molecule has 9 nitrogen and oxygen atoms in total. The Hall–Kier alpha value is -4.41. The molecule has 0 radical (unpaired) electrons. The van der Waals surface area contributed by atoms with Crippen molar-refractivity contribution in [3.8, 4) is 22.9 Å². The van der Waals surface area contributed by atoms with Crippen molar-refractivity contribution in [2.75, 3.05) is 18.8 Å². The number of nitrogens with zero attached hydrogens (tertiary/aromatic N) is 6. The maximum atomic E-state index is 13.9. The standard InChI is InChI=1S/C24H21F2N7O2/c1-2-19(34)32-10-4-5-15(12-32)33-24-20(23(27)29-13-30-24)22(31-33)14-8-9-18(28-11-14)35-17-7-3-6-16(25)21(17)26/h2-3,6-9,11,13,15H,1,4-5,10,12H2,(H2,27,29,30)/t15-/m1/s1. The van der Waals surface area contributed by atoms with E-state index in [0.29, 0.717) is 35.4 Å². The summed E-state index contributed by atoms with van der Waals surface area (Å²) < 4.78 is 34.6. The molecule has 4 heterocycles. The van der Waals surface area contributed by atoms with Gasteiger partial charge >= 0.3 is 0 Å². The van der Waals surface area contributed by atoms with Gasteiger partial charge in [-0.3, -0.25) is 4.79 Å². The van der Waals surface area contributed by atoms with Gasteiger partial charge in [0.2, 0.25) is 17.6 Å². The molecular formula is C24H21F2N7O2. The zero-order chi connectivity index (χ0) is 24.5. The van der Waals surface area contributed by atoms with Gasteiger partial charge in [-0.25, -0.2) is 24.0 Å². The van der Waals surface area contributed by atoms with Crippen LogP contribution in [0.4, 0.5) is 14.6 Å². The third-order valence-corrected chi connectivity index (χ3v) is 5.89. The summed E-state index contributed by atoms with van der Waals surface area (Å²) in [5.74, 6) is -2.17. The van der Waals surface area contributed by atoms with Crippen LogP contribution in [-0.2, 0) is 4.79 Å². The molecule has 0 unspecified atom stereocenters. The second-order valence-corrected chi connectivity index (χ2v) is 8.07. The van der Waals surface area contributed by atoms with Gasteiger partial charge in [0.15, 0.2) is 17.2 Å². The van der Waals surface area contributed by atoms with E-state index in [2.05, 4.69) is 21.5 Å². The van der Waals surface area contributed by atoms with E-state index in [1.807, 2.05) is 0 Å². The number of rotatable bonds is 5. The lowest BCUT2D eigenvalue weighted by atomic mass is 10.1. The van der Waals surface area contributed by atoms with Crippen molar-refractivity contribution in [2.45, 2.75) is 18.9 Å². The number of nitrogens with two attached hydrogens (primary N) is 1. The van der Waals surface area contributed by atoms with Crippen LogP contribution in [0.3, 0.4) is 0 Å². The first-order valence-electron chi connectivity index (χ1n) is 10.9. The molecule has 1 aliphatic heterocycles. The number of ether oxygens (including phenoxy) is 1. The number of amides is 1. The number of hydrogen-bond acceptors (Lipinski definition) is 7. The normalized spacial score (nSPS) is 15.8. The van der Waals surface area contributed by atoms with Gasteiger partial charge in [0.05, 0.1) is 11.4 Å². The number of nitrogen functional groups attached to an aromatic ring is 1. The molecule has 178 valence electrons. The molecule has 4 aromatic rings. The molecule has 0 saturated carbocycles. The van der Waals surface area contributed by atoms with Gasteiger partial charge in [-0.05, 0) is 37.1 Å². The topological polar surface area (TPSA) is 112 Å². The molecule has 3 aromatic heterocycles. The molecule has 0 spiro atoms. The van der Waals surface area contributed by atoms with Crippen LogP contribution in [0.15, 0.2) is 55.5 Å². The van der Waals surface area contributed by atoms with Crippen LogP contribution in [0, 0.1) is 11.6 Å². The summed E-state index contributed by atoms with van der Waals surface area (Å²) >= 11 is 0. The van der Waals surface area contributed by atoms with E-state index in [4.69, 9.17) is 15.6 Å². The lowest BCUT2D eigenvalue weighted by Gasteiger charge is -2.32. The molecule has 1 fully saturated rings. The fourth-order valence-corrected chi connectivity index (χ4v) is 4.19. The van der Waals surface area contributed by atoms with Gasteiger partial charge in [-0.15, -0.1) is 0 Å². The number of benzene rings is 1. The SMILES string of the molecule is C=CC(=O)N1CCC[C@@H](n2nc(-c3ccc(Oc4cccc(F)c4F)nc3)c3c(N)ncnc32)C1. The number of carbonyl (C=O) groups is 1. The number of carbonyl (C=O) groups excluding carboxylic acids is 1. The monoisotopic (exact) mass is 477 g/mol. The van der Waals surface area contributed by atoms with Crippen molar-refractivity contribution >= 4 is 22.8 Å². The highest BCUT2D eigenvalue weighted by Gasteiger charge is 2.28. The first kappa shape index (κ1) is 22.4. The van der Waals surface area contributed by atoms with Crippen LogP contribution in [0.5, 0.6) is 11.6 Å².